The van der Waals surface area contributed by atoms with E-state index in [1.807, 2.05) is 24.5 Å². The zero-order valence-electron chi connectivity index (χ0n) is 19.5. The van der Waals surface area contributed by atoms with Gasteiger partial charge in [0.15, 0.2) is 5.11 Å². The molecule has 9 heteroatoms. The van der Waals surface area contributed by atoms with E-state index in [2.05, 4.69) is 11.9 Å². The Morgan fingerprint density at radius 1 is 1.29 bits per heavy atom. The average Bonchev–Trinajstić information content (AvgIpc) is 3.30. The predicted molar refractivity (Wildman–Crippen MR) is 136 cm³/mol. The number of ether oxygens (including phenoxy) is 1. The Kier molecular flexibility index (Phi) is 6.86. The molecule has 0 atom stereocenters. The molecule has 0 bridgehead atoms. The van der Waals surface area contributed by atoms with Crippen LogP contribution in [-0.2, 0) is 27.2 Å². The van der Waals surface area contributed by atoms with Crippen LogP contribution in [0.1, 0.15) is 57.5 Å². The maximum Gasteiger partial charge on any atom is 0.341 e. The van der Waals surface area contributed by atoms with Crippen molar-refractivity contribution in [2.45, 2.75) is 46.5 Å². The predicted octanol–water partition coefficient (Wildman–Crippen LogP) is 4.02. The van der Waals surface area contributed by atoms with Crippen molar-refractivity contribution in [1.82, 2.24) is 14.8 Å². The van der Waals surface area contributed by atoms with E-state index in [0.717, 1.165) is 53.2 Å². The molecule has 0 aromatic carbocycles. The number of rotatable bonds is 6. The smallest absolute Gasteiger partial charge is 0.341 e. The number of nitrogens with zero attached hydrogens (tertiary/aromatic N) is 2. The highest BCUT2D eigenvalue weighted by Gasteiger charge is 2.33. The van der Waals surface area contributed by atoms with Gasteiger partial charge < -0.3 is 9.30 Å². The SMILES string of the molecule is C=CCN1C(=O)C(=Cc2cc(C)n(-c3sc4c(c3C(=O)OCC)CCCC4)c2C)C(=O)NC1=S. The molecule has 3 heterocycles. The topological polar surface area (TPSA) is 80.6 Å². The number of hydrogen-bond acceptors (Lipinski definition) is 6. The summed E-state index contributed by atoms with van der Waals surface area (Å²) >= 11 is 6.76. The van der Waals surface area contributed by atoms with E-state index in [1.165, 1.54) is 9.78 Å². The quantitative estimate of drug-likeness (QED) is 0.214. The number of fused-ring (bicyclic) bond motifs is 1. The van der Waals surface area contributed by atoms with Crippen molar-refractivity contribution in [3.05, 3.63) is 57.2 Å². The lowest BCUT2D eigenvalue weighted by molar-refractivity contribution is -0.128. The summed E-state index contributed by atoms with van der Waals surface area (Å²) in [6, 6.07) is 1.92. The molecule has 1 fully saturated rings. The van der Waals surface area contributed by atoms with Crippen LogP contribution in [0.5, 0.6) is 0 Å². The molecular weight excluding hydrogens is 470 g/mol. The number of esters is 1. The summed E-state index contributed by atoms with van der Waals surface area (Å²) in [5.74, 6) is -1.30. The van der Waals surface area contributed by atoms with E-state index < -0.39 is 11.8 Å². The van der Waals surface area contributed by atoms with E-state index in [4.69, 9.17) is 17.0 Å². The molecule has 1 N–H and O–H groups in total. The van der Waals surface area contributed by atoms with E-state index in [-0.39, 0.29) is 23.2 Å². The van der Waals surface area contributed by atoms with E-state index in [0.29, 0.717) is 12.2 Å². The zero-order valence-corrected chi connectivity index (χ0v) is 21.2. The Hall–Kier alpha value is -3.04. The van der Waals surface area contributed by atoms with Gasteiger partial charge in [-0.05, 0) is 81.9 Å². The molecule has 1 aliphatic heterocycles. The van der Waals surface area contributed by atoms with Crippen LogP contribution in [0, 0.1) is 13.8 Å². The number of thiophene rings is 1. The molecule has 0 radical (unpaired) electrons. The molecule has 178 valence electrons. The second-order valence-electron chi connectivity index (χ2n) is 8.30. The third kappa shape index (κ3) is 4.14. The fourth-order valence-electron chi connectivity index (χ4n) is 4.51. The van der Waals surface area contributed by atoms with E-state index >= 15 is 0 Å². The van der Waals surface area contributed by atoms with Crippen molar-refractivity contribution in [3.8, 4) is 5.00 Å². The first-order valence-corrected chi connectivity index (χ1v) is 12.5. The zero-order chi connectivity index (χ0) is 24.6. The molecular formula is C25H27N3O4S2. The van der Waals surface area contributed by atoms with Crippen molar-refractivity contribution in [3.63, 3.8) is 0 Å². The summed E-state index contributed by atoms with van der Waals surface area (Å²) < 4.78 is 7.44. The van der Waals surface area contributed by atoms with Gasteiger partial charge in [0.05, 0.1) is 12.2 Å². The van der Waals surface area contributed by atoms with E-state index in [9.17, 15) is 14.4 Å². The van der Waals surface area contributed by atoms with Crippen LogP contribution in [0.2, 0.25) is 0 Å². The van der Waals surface area contributed by atoms with Gasteiger partial charge in [0.1, 0.15) is 10.6 Å². The standard InChI is InChI=1S/C25H27N3O4S2/c1-5-11-27-22(30)18(21(29)26-25(27)33)13-16-12-14(3)28(15(16)4)23-20(24(31)32-6-2)17-9-7-8-10-19(17)34-23/h5,12-13H,1,6-11H2,2-4H3,(H,26,29,33). The number of aromatic nitrogens is 1. The number of amides is 2. The van der Waals surface area contributed by atoms with Gasteiger partial charge in [0, 0.05) is 22.8 Å². The van der Waals surface area contributed by atoms with E-state index in [1.54, 1.807) is 30.4 Å². The lowest BCUT2D eigenvalue weighted by atomic mass is 9.95. The van der Waals surface area contributed by atoms with Gasteiger partial charge in [-0.2, -0.15) is 0 Å². The summed E-state index contributed by atoms with van der Waals surface area (Å²) in [4.78, 5) is 41.0. The minimum Gasteiger partial charge on any atom is -0.462 e. The molecule has 2 aromatic rings. The molecule has 0 spiro atoms. The largest absolute Gasteiger partial charge is 0.462 e. The van der Waals surface area contributed by atoms with Gasteiger partial charge in [-0.25, -0.2) is 4.79 Å². The maximum atomic E-state index is 13.0. The number of carbonyl (C=O) groups is 3. The van der Waals surface area contributed by atoms with Crippen LogP contribution in [0.25, 0.3) is 11.1 Å². The Morgan fingerprint density at radius 3 is 2.74 bits per heavy atom. The molecule has 34 heavy (non-hydrogen) atoms. The van der Waals surface area contributed by atoms with Gasteiger partial charge in [0.25, 0.3) is 11.8 Å². The van der Waals surface area contributed by atoms with Crippen molar-refractivity contribution in [1.29, 1.82) is 0 Å². The highest BCUT2D eigenvalue weighted by Crippen LogP contribution is 2.39. The minimum atomic E-state index is -0.529. The van der Waals surface area contributed by atoms with Gasteiger partial charge >= 0.3 is 5.97 Å². The van der Waals surface area contributed by atoms with Crippen molar-refractivity contribution in [2.75, 3.05) is 13.2 Å². The second kappa shape index (κ2) is 9.68. The first-order valence-electron chi connectivity index (χ1n) is 11.3. The minimum absolute atomic E-state index is 0.00629. The fourth-order valence-corrected chi connectivity index (χ4v) is 6.25. The molecule has 0 saturated carbocycles. The van der Waals surface area contributed by atoms with Crippen LogP contribution in [0.4, 0.5) is 0 Å². The average molecular weight is 498 g/mol. The Morgan fingerprint density at radius 2 is 2.03 bits per heavy atom. The molecule has 2 amide bonds. The van der Waals surface area contributed by atoms with Gasteiger partial charge in [-0.3, -0.25) is 19.8 Å². The first-order chi connectivity index (χ1) is 16.3. The number of hydrogen-bond donors (Lipinski definition) is 1. The Bertz CT molecular complexity index is 1250. The number of thiocarbonyl (C=S) groups is 1. The molecule has 4 rings (SSSR count). The van der Waals surface area contributed by atoms with Crippen LogP contribution in [-0.4, -0.2) is 45.5 Å². The molecule has 2 aromatic heterocycles. The molecule has 1 aliphatic carbocycles. The summed E-state index contributed by atoms with van der Waals surface area (Å²) in [6.45, 7) is 9.84. The third-order valence-electron chi connectivity index (χ3n) is 6.10. The summed E-state index contributed by atoms with van der Waals surface area (Å²) in [5, 5.41) is 3.48. The number of carbonyl (C=O) groups excluding carboxylic acids is 3. The molecule has 2 aliphatic rings. The van der Waals surface area contributed by atoms with Crippen LogP contribution in [0.15, 0.2) is 24.3 Å². The second-order valence-corrected chi connectivity index (χ2v) is 9.77. The van der Waals surface area contributed by atoms with Crippen molar-refractivity contribution in [2.24, 2.45) is 0 Å². The third-order valence-corrected chi connectivity index (χ3v) is 7.70. The summed E-state index contributed by atoms with van der Waals surface area (Å²) in [5.41, 5.74) is 4.19. The Balaban J connectivity index is 1.82. The molecule has 7 nitrogen and oxygen atoms in total. The monoisotopic (exact) mass is 497 g/mol. The Labute approximate surface area is 208 Å². The lowest BCUT2D eigenvalue weighted by Crippen LogP contribution is -2.53. The van der Waals surface area contributed by atoms with Crippen molar-refractivity contribution >= 4 is 52.5 Å². The van der Waals surface area contributed by atoms with Crippen LogP contribution in [0.3, 0.4) is 0 Å². The fraction of sp³-hybridized carbons (Fsp3) is 0.360. The van der Waals surface area contributed by atoms with Crippen LogP contribution < -0.4 is 5.32 Å². The van der Waals surface area contributed by atoms with Crippen LogP contribution >= 0.6 is 23.6 Å². The molecule has 1 saturated heterocycles. The first kappa shape index (κ1) is 24.1. The summed E-state index contributed by atoms with van der Waals surface area (Å²) in [7, 11) is 0. The van der Waals surface area contributed by atoms with Gasteiger partial charge in [0.2, 0.25) is 0 Å². The maximum absolute atomic E-state index is 13.0. The number of nitrogens with one attached hydrogen (secondary N) is 1. The van der Waals surface area contributed by atoms with Gasteiger partial charge in [-0.15, -0.1) is 17.9 Å². The van der Waals surface area contributed by atoms with Gasteiger partial charge in [-0.1, -0.05) is 6.08 Å². The summed E-state index contributed by atoms with van der Waals surface area (Å²) in [6.07, 6.45) is 7.13. The highest BCUT2D eigenvalue weighted by atomic mass is 32.1. The highest BCUT2D eigenvalue weighted by molar-refractivity contribution is 7.80. The van der Waals surface area contributed by atoms with Crippen molar-refractivity contribution < 1.29 is 19.1 Å². The normalized spacial score (nSPS) is 17.1. The number of aryl methyl sites for hydroxylation is 2. The molecule has 0 unspecified atom stereocenters. The lowest BCUT2D eigenvalue weighted by Gasteiger charge is -2.27.